The fourth-order valence-corrected chi connectivity index (χ4v) is 1.50. The molecule has 6 nitrogen and oxygen atoms in total. The highest BCUT2D eigenvalue weighted by molar-refractivity contribution is 5.73. The number of aliphatic carboxylic acids is 1. The molecule has 1 fully saturated rings. The number of methoxy groups -OCH3 is 1. The smallest absolute Gasteiger partial charge is 0.335 e. The molecule has 0 aromatic heterocycles. The van der Waals surface area contributed by atoms with Crippen molar-refractivity contribution in [3.63, 3.8) is 0 Å². The summed E-state index contributed by atoms with van der Waals surface area (Å²) >= 11 is 0. The molecule has 0 saturated carbocycles. The molecular weight excluding hydrogens is 192 g/mol. The molecule has 1 aliphatic heterocycles. The van der Waals surface area contributed by atoms with Crippen molar-refractivity contribution < 1.29 is 29.6 Å². The molecule has 0 aromatic rings. The van der Waals surface area contributed by atoms with Gasteiger partial charge in [0.25, 0.3) is 0 Å². The number of hydrogen-bond donors (Lipinski definition) is 3. The van der Waals surface area contributed by atoms with E-state index in [0.29, 0.717) is 0 Å². The summed E-state index contributed by atoms with van der Waals surface area (Å²) in [6.07, 6.45) is -5.38. The van der Waals surface area contributed by atoms with Crippen LogP contribution in [0, 0.1) is 0 Å². The fourth-order valence-electron chi connectivity index (χ4n) is 1.50. The SMILES string of the molecule is COC1C(C(=O)O)OC(C)C(O)C1O. The summed E-state index contributed by atoms with van der Waals surface area (Å²) in [5.41, 5.74) is 0. The van der Waals surface area contributed by atoms with Crippen LogP contribution in [-0.4, -0.2) is 58.9 Å². The molecular formula is C8H14O6. The maximum atomic E-state index is 10.7. The minimum absolute atomic E-state index is 0.725. The number of aliphatic hydroxyl groups is 2. The van der Waals surface area contributed by atoms with Crippen molar-refractivity contribution in [3.05, 3.63) is 0 Å². The Hall–Kier alpha value is -0.690. The lowest BCUT2D eigenvalue weighted by atomic mass is 9.95. The monoisotopic (exact) mass is 206 g/mol. The van der Waals surface area contributed by atoms with Gasteiger partial charge >= 0.3 is 5.97 Å². The van der Waals surface area contributed by atoms with Crippen molar-refractivity contribution in [1.29, 1.82) is 0 Å². The van der Waals surface area contributed by atoms with E-state index in [1.165, 1.54) is 14.0 Å². The quantitative estimate of drug-likeness (QED) is 0.514. The van der Waals surface area contributed by atoms with Crippen molar-refractivity contribution >= 4 is 5.97 Å². The number of aliphatic hydroxyl groups excluding tert-OH is 2. The zero-order valence-electron chi connectivity index (χ0n) is 7.95. The average molecular weight is 206 g/mol. The highest BCUT2D eigenvalue weighted by Crippen LogP contribution is 2.22. The molecule has 5 atom stereocenters. The van der Waals surface area contributed by atoms with E-state index in [4.69, 9.17) is 14.6 Å². The molecule has 0 radical (unpaired) electrons. The summed E-state index contributed by atoms with van der Waals surface area (Å²) in [6.45, 7) is 1.50. The van der Waals surface area contributed by atoms with Crippen LogP contribution >= 0.6 is 0 Å². The van der Waals surface area contributed by atoms with Crippen LogP contribution in [0.2, 0.25) is 0 Å². The van der Waals surface area contributed by atoms with Crippen molar-refractivity contribution in [2.24, 2.45) is 0 Å². The van der Waals surface area contributed by atoms with Crippen LogP contribution in [0.5, 0.6) is 0 Å². The highest BCUT2D eigenvalue weighted by atomic mass is 16.6. The maximum absolute atomic E-state index is 10.7. The lowest BCUT2D eigenvalue weighted by molar-refractivity contribution is -0.229. The normalized spacial score (nSPS) is 43.6. The minimum Gasteiger partial charge on any atom is -0.479 e. The minimum atomic E-state index is -1.25. The van der Waals surface area contributed by atoms with Gasteiger partial charge in [-0.05, 0) is 6.92 Å². The van der Waals surface area contributed by atoms with Gasteiger partial charge in [-0.2, -0.15) is 0 Å². The first-order valence-corrected chi connectivity index (χ1v) is 4.26. The molecule has 0 amide bonds. The van der Waals surface area contributed by atoms with Crippen LogP contribution in [0.1, 0.15) is 6.92 Å². The first kappa shape index (κ1) is 11.4. The van der Waals surface area contributed by atoms with Crippen molar-refractivity contribution in [1.82, 2.24) is 0 Å². The second-order valence-electron chi connectivity index (χ2n) is 3.28. The Morgan fingerprint density at radius 1 is 1.36 bits per heavy atom. The summed E-state index contributed by atoms with van der Waals surface area (Å²) in [6, 6.07) is 0. The van der Waals surface area contributed by atoms with Crippen LogP contribution in [0.4, 0.5) is 0 Å². The summed E-state index contributed by atoms with van der Waals surface area (Å²) in [5, 5.41) is 27.7. The van der Waals surface area contributed by atoms with Gasteiger partial charge in [0.1, 0.15) is 18.3 Å². The van der Waals surface area contributed by atoms with E-state index in [1.807, 2.05) is 0 Å². The number of carboxylic acids is 1. The Morgan fingerprint density at radius 2 is 1.93 bits per heavy atom. The van der Waals surface area contributed by atoms with Gasteiger partial charge in [0.2, 0.25) is 0 Å². The molecule has 5 unspecified atom stereocenters. The van der Waals surface area contributed by atoms with E-state index in [-0.39, 0.29) is 0 Å². The van der Waals surface area contributed by atoms with Gasteiger partial charge in [-0.1, -0.05) is 0 Å². The molecule has 0 bridgehead atoms. The van der Waals surface area contributed by atoms with Gasteiger partial charge < -0.3 is 24.8 Å². The first-order chi connectivity index (χ1) is 6.49. The Kier molecular flexibility index (Phi) is 3.43. The predicted molar refractivity (Wildman–Crippen MR) is 44.8 cm³/mol. The maximum Gasteiger partial charge on any atom is 0.335 e. The zero-order chi connectivity index (χ0) is 10.9. The summed E-state index contributed by atoms with van der Waals surface area (Å²) in [5.74, 6) is -1.21. The molecule has 1 saturated heterocycles. The molecule has 1 rings (SSSR count). The molecule has 14 heavy (non-hydrogen) atoms. The number of rotatable bonds is 2. The zero-order valence-corrected chi connectivity index (χ0v) is 7.95. The van der Waals surface area contributed by atoms with Crippen LogP contribution in [-0.2, 0) is 14.3 Å². The van der Waals surface area contributed by atoms with E-state index >= 15 is 0 Å². The largest absolute Gasteiger partial charge is 0.479 e. The highest BCUT2D eigenvalue weighted by Gasteiger charge is 2.46. The lowest BCUT2D eigenvalue weighted by Crippen LogP contribution is -2.59. The molecule has 1 heterocycles. The third-order valence-corrected chi connectivity index (χ3v) is 2.34. The Balaban J connectivity index is 2.82. The molecule has 82 valence electrons. The van der Waals surface area contributed by atoms with E-state index < -0.39 is 36.5 Å². The molecule has 0 spiro atoms. The Bertz CT molecular complexity index is 218. The molecule has 1 aliphatic rings. The fraction of sp³-hybridized carbons (Fsp3) is 0.875. The first-order valence-electron chi connectivity index (χ1n) is 4.26. The summed E-state index contributed by atoms with van der Waals surface area (Å²) in [4.78, 5) is 10.7. The summed E-state index contributed by atoms with van der Waals surface area (Å²) in [7, 11) is 1.26. The number of carboxylic acid groups (broad SMARTS) is 1. The molecule has 0 aromatic carbocycles. The van der Waals surface area contributed by atoms with Gasteiger partial charge in [0.05, 0.1) is 6.10 Å². The summed E-state index contributed by atoms with van der Waals surface area (Å²) < 4.78 is 9.78. The van der Waals surface area contributed by atoms with E-state index in [9.17, 15) is 15.0 Å². The molecule has 6 heteroatoms. The van der Waals surface area contributed by atoms with Crippen LogP contribution < -0.4 is 0 Å². The third-order valence-electron chi connectivity index (χ3n) is 2.34. The number of carbonyl (C=O) groups is 1. The van der Waals surface area contributed by atoms with Gasteiger partial charge in [0, 0.05) is 7.11 Å². The molecule has 3 N–H and O–H groups in total. The average Bonchev–Trinajstić information content (AvgIpc) is 2.13. The topological polar surface area (TPSA) is 96.2 Å². The van der Waals surface area contributed by atoms with Crippen molar-refractivity contribution in [2.45, 2.75) is 37.4 Å². The van der Waals surface area contributed by atoms with Crippen molar-refractivity contribution in [3.8, 4) is 0 Å². The lowest BCUT2D eigenvalue weighted by Gasteiger charge is -2.39. The van der Waals surface area contributed by atoms with Gasteiger partial charge in [-0.25, -0.2) is 4.79 Å². The number of hydrogen-bond acceptors (Lipinski definition) is 5. The van der Waals surface area contributed by atoms with Crippen LogP contribution in [0.25, 0.3) is 0 Å². The second kappa shape index (κ2) is 4.22. The second-order valence-corrected chi connectivity index (χ2v) is 3.28. The Labute approximate surface area is 81.1 Å². The van der Waals surface area contributed by atoms with Crippen molar-refractivity contribution in [2.75, 3.05) is 7.11 Å². The third kappa shape index (κ3) is 1.88. The Morgan fingerprint density at radius 3 is 2.36 bits per heavy atom. The van der Waals surface area contributed by atoms with Gasteiger partial charge in [-0.15, -0.1) is 0 Å². The van der Waals surface area contributed by atoms with Gasteiger partial charge in [-0.3, -0.25) is 0 Å². The van der Waals surface area contributed by atoms with Crippen LogP contribution in [0.15, 0.2) is 0 Å². The van der Waals surface area contributed by atoms with Gasteiger partial charge in [0.15, 0.2) is 6.10 Å². The predicted octanol–water partition coefficient (Wildman–Crippen LogP) is -1.40. The standard InChI is InChI=1S/C8H14O6/c1-3-4(9)5(10)6(13-2)7(14-3)8(11)12/h3-7,9-10H,1-2H3,(H,11,12). The van der Waals surface area contributed by atoms with E-state index in [2.05, 4.69) is 0 Å². The van der Waals surface area contributed by atoms with E-state index in [0.717, 1.165) is 0 Å². The molecule has 0 aliphatic carbocycles. The van der Waals surface area contributed by atoms with Crippen LogP contribution in [0.3, 0.4) is 0 Å². The van der Waals surface area contributed by atoms with E-state index in [1.54, 1.807) is 0 Å². The number of ether oxygens (including phenoxy) is 2.